The van der Waals surface area contributed by atoms with Gasteiger partial charge in [-0.15, -0.1) is 0 Å². The van der Waals surface area contributed by atoms with Gasteiger partial charge in [0, 0.05) is 10.4 Å². The second-order valence-electron chi connectivity index (χ2n) is 5.59. The fourth-order valence-corrected chi connectivity index (χ4v) is 2.89. The minimum absolute atomic E-state index is 0.0778. The summed E-state index contributed by atoms with van der Waals surface area (Å²) in [6.07, 6.45) is -4.30. The van der Waals surface area contributed by atoms with Crippen LogP contribution in [0.4, 0.5) is 13.2 Å². The van der Waals surface area contributed by atoms with Crippen molar-refractivity contribution in [2.24, 2.45) is 5.41 Å². The highest BCUT2D eigenvalue weighted by Crippen LogP contribution is 2.33. The smallest absolute Gasteiger partial charge is 0.298 e. The van der Waals surface area contributed by atoms with Gasteiger partial charge in [0.25, 0.3) is 0 Å². The molecule has 1 nitrogen and oxygen atoms in total. The van der Waals surface area contributed by atoms with Crippen molar-refractivity contribution in [3.8, 4) is 0 Å². The van der Waals surface area contributed by atoms with Crippen LogP contribution in [0.15, 0.2) is 18.2 Å². The van der Waals surface area contributed by atoms with E-state index in [0.29, 0.717) is 5.56 Å². The van der Waals surface area contributed by atoms with Crippen molar-refractivity contribution in [2.45, 2.75) is 38.2 Å². The first-order valence-electron chi connectivity index (χ1n) is 5.97. The summed E-state index contributed by atoms with van der Waals surface area (Å²) in [7, 11) is 0. The monoisotopic (exact) mass is 370 g/mol. The van der Waals surface area contributed by atoms with E-state index in [-0.39, 0.29) is 17.2 Å². The fraction of sp³-hybridized carbons (Fsp3) is 0.500. The van der Waals surface area contributed by atoms with Crippen molar-refractivity contribution in [3.05, 3.63) is 34.3 Å². The van der Waals surface area contributed by atoms with Crippen molar-refractivity contribution >= 4 is 33.3 Å². The standard InChI is InChI=1S/C14H15BrClF3O/c1-13(2,3)12(20)10(15)7-8-6-9(14(17,18)19)4-5-11(8)16/h4-6,10H,7H2,1-3H3. The van der Waals surface area contributed by atoms with Gasteiger partial charge in [-0.1, -0.05) is 48.3 Å². The highest BCUT2D eigenvalue weighted by molar-refractivity contribution is 9.10. The number of Topliss-reactive ketones (excluding diaryl/α,β-unsaturated/α-hetero) is 1. The molecule has 0 saturated carbocycles. The second-order valence-corrected chi connectivity index (χ2v) is 7.10. The van der Waals surface area contributed by atoms with Gasteiger partial charge < -0.3 is 0 Å². The van der Waals surface area contributed by atoms with Crippen LogP contribution in [0.25, 0.3) is 0 Å². The first kappa shape index (κ1) is 17.5. The highest BCUT2D eigenvalue weighted by atomic mass is 79.9. The average molecular weight is 372 g/mol. The average Bonchev–Trinajstić information content (AvgIpc) is 2.28. The lowest BCUT2D eigenvalue weighted by Gasteiger charge is -2.21. The fourth-order valence-electron chi connectivity index (χ4n) is 1.66. The lowest BCUT2D eigenvalue weighted by Crippen LogP contribution is -2.30. The van der Waals surface area contributed by atoms with Gasteiger partial charge in [0.1, 0.15) is 0 Å². The molecule has 1 aromatic rings. The Kier molecular flexibility index (Phi) is 5.30. The maximum atomic E-state index is 12.7. The van der Waals surface area contributed by atoms with Crippen LogP contribution < -0.4 is 0 Å². The third kappa shape index (κ3) is 4.48. The van der Waals surface area contributed by atoms with Crippen molar-refractivity contribution in [1.29, 1.82) is 0 Å². The van der Waals surface area contributed by atoms with Gasteiger partial charge in [-0.3, -0.25) is 4.79 Å². The minimum Gasteiger partial charge on any atom is -0.298 e. The van der Waals surface area contributed by atoms with Gasteiger partial charge in [0.05, 0.1) is 10.4 Å². The molecule has 1 unspecified atom stereocenters. The quantitative estimate of drug-likeness (QED) is 0.661. The Balaban J connectivity index is 3.01. The Morgan fingerprint density at radius 2 is 1.85 bits per heavy atom. The number of alkyl halides is 4. The van der Waals surface area contributed by atoms with Crippen LogP contribution in [0.5, 0.6) is 0 Å². The molecule has 112 valence electrons. The molecule has 0 aliphatic heterocycles. The highest BCUT2D eigenvalue weighted by Gasteiger charge is 2.32. The summed E-state index contributed by atoms with van der Waals surface area (Å²) in [6, 6.07) is 3.13. The SMILES string of the molecule is CC(C)(C)C(=O)C(Br)Cc1cc(C(F)(F)F)ccc1Cl. The number of benzene rings is 1. The number of ketones is 1. The number of carbonyl (C=O) groups is 1. The first-order chi connectivity index (χ1) is 8.93. The summed E-state index contributed by atoms with van der Waals surface area (Å²) in [4.78, 5) is 11.5. The van der Waals surface area contributed by atoms with E-state index in [9.17, 15) is 18.0 Å². The van der Waals surface area contributed by atoms with E-state index >= 15 is 0 Å². The van der Waals surface area contributed by atoms with E-state index in [1.807, 2.05) is 0 Å². The molecule has 0 aliphatic carbocycles. The first-order valence-corrected chi connectivity index (χ1v) is 7.26. The summed E-state index contributed by atoms with van der Waals surface area (Å²) >= 11 is 9.15. The van der Waals surface area contributed by atoms with Gasteiger partial charge >= 0.3 is 6.18 Å². The molecular weight excluding hydrogens is 357 g/mol. The van der Waals surface area contributed by atoms with Gasteiger partial charge in [0.15, 0.2) is 5.78 Å². The third-order valence-corrected chi connectivity index (χ3v) is 3.90. The molecule has 1 aromatic carbocycles. The van der Waals surface area contributed by atoms with Gasteiger partial charge in [-0.25, -0.2) is 0 Å². The Labute approximate surface area is 129 Å². The molecule has 0 saturated heterocycles. The van der Waals surface area contributed by atoms with Crippen molar-refractivity contribution < 1.29 is 18.0 Å². The second kappa shape index (κ2) is 6.06. The van der Waals surface area contributed by atoms with Crippen LogP contribution in [0.1, 0.15) is 31.9 Å². The molecule has 0 fully saturated rings. The van der Waals surface area contributed by atoms with Crippen molar-refractivity contribution in [2.75, 3.05) is 0 Å². The van der Waals surface area contributed by atoms with Crippen LogP contribution in [0.3, 0.4) is 0 Å². The molecule has 0 aliphatic rings. The van der Waals surface area contributed by atoms with Crippen LogP contribution >= 0.6 is 27.5 Å². The lowest BCUT2D eigenvalue weighted by atomic mass is 9.87. The molecule has 1 rings (SSSR count). The molecule has 0 bridgehead atoms. The maximum absolute atomic E-state index is 12.7. The zero-order chi connectivity index (χ0) is 15.7. The maximum Gasteiger partial charge on any atom is 0.416 e. The Morgan fingerprint density at radius 1 is 1.30 bits per heavy atom. The zero-order valence-electron chi connectivity index (χ0n) is 11.3. The van der Waals surface area contributed by atoms with Crippen LogP contribution in [-0.2, 0) is 17.4 Å². The summed E-state index contributed by atoms with van der Waals surface area (Å²) in [5.74, 6) is -0.0778. The predicted octanol–water partition coefficient (Wildman–Crippen LogP) is 5.28. The Hall–Kier alpha value is -0.550. The number of rotatable bonds is 3. The minimum atomic E-state index is -4.42. The lowest BCUT2D eigenvalue weighted by molar-refractivity contribution is -0.137. The number of halogens is 5. The van der Waals surface area contributed by atoms with Crippen molar-refractivity contribution in [1.82, 2.24) is 0 Å². The van der Waals surface area contributed by atoms with E-state index in [1.54, 1.807) is 20.8 Å². The van der Waals surface area contributed by atoms with E-state index in [2.05, 4.69) is 15.9 Å². The van der Waals surface area contributed by atoms with E-state index < -0.39 is 22.0 Å². The molecular formula is C14H15BrClF3O. The molecule has 0 radical (unpaired) electrons. The summed E-state index contributed by atoms with van der Waals surface area (Å²) < 4.78 is 38.0. The van der Waals surface area contributed by atoms with E-state index in [0.717, 1.165) is 12.1 Å². The summed E-state index contributed by atoms with van der Waals surface area (Å²) in [5.41, 5.74) is -1.02. The molecule has 1 atom stereocenters. The number of hydrogen-bond donors (Lipinski definition) is 0. The molecule has 0 aromatic heterocycles. The summed E-state index contributed by atoms with van der Waals surface area (Å²) in [6.45, 7) is 5.28. The predicted molar refractivity (Wildman–Crippen MR) is 77.3 cm³/mol. The topological polar surface area (TPSA) is 17.1 Å². The van der Waals surface area contributed by atoms with Crippen molar-refractivity contribution in [3.63, 3.8) is 0 Å². The van der Waals surface area contributed by atoms with Gasteiger partial charge in [0.2, 0.25) is 0 Å². The molecule has 0 N–H and O–H groups in total. The Morgan fingerprint density at radius 3 is 2.30 bits per heavy atom. The molecule has 6 heteroatoms. The van der Waals surface area contributed by atoms with Gasteiger partial charge in [-0.05, 0) is 30.2 Å². The largest absolute Gasteiger partial charge is 0.416 e. The van der Waals surface area contributed by atoms with Crippen LogP contribution in [0, 0.1) is 5.41 Å². The summed E-state index contributed by atoms with van der Waals surface area (Å²) in [5, 5.41) is 0.226. The molecule has 0 spiro atoms. The van der Waals surface area contributed by atoms with Gasteiger partial charge in [-0.2, -0.15) is 13.2 Å². The van der Waals surface area contributed by atoms with Crippen LogP contribution in [-0.4, -0.2) is 10.6 Å². The molecule has 0 amide bonds. The number of carbonyl (C=O) groups excluding carboxylic acids is 1. The molecule has 20 heavy (non-hydrogen) atoms. The third-order valence-electron chi connectivity index (χ3n) is 2.80. The Bertz CT molecular complexity index is 506. The molecule has 0 heterocycles. The zero-order valence-corrected chi connectivity index (χ0v) is 13.7. The van der Waals surface area contributed by atoms with Crippen LogP contribution in [0.2, 0.25) is 5.02 Å². The van der Waals surface area contributed by atoms with E-state index in [4.69, 9.17) is 11.6 Å². The van der Waals surface area contributed by atoms with E-state index in [1.165, 1.54) is 6.07 Å². The normalized spacial score (nSPS) is 14.2. The number of hydrogen-bond acceptors (Lipinski definition) is 1.